The summed E-state index contributed by atoms with van der Waals surface area (Å²) in [7, 11) is 0. The van der Waals surface area contributed by atoms with Crippen molar-refractivity contribution in [2.75, 3.05) is 13.2 Å². The van der Waals surface area contributed by atoms with Crippen LogP contribution in [0, 0.1) is 5.92 Å². The number of aliphatic hydroxyl groups excluding tert-OH is 1. The van der Waals surface area contributed by atoms with Gasteiger partial charge in [0, 0.05) is 32.2 Å². The summed E-state index contributed by atoms with van der Waals surface area (Å²) < 4.78 is 7.36. The Kier molecular flexibility index (Phi) is 3.96. The van der Waals surface area contributed by atoms with Crippen molar-refractivity contribution < 1.29 is 9.84 Å². The van der Waals surface area contributed by atoms with Crippen LogP contribution < -0.4 is 0 Å². The summed E-state index contributed by atoms with van der Waals surface area (Å²) in [4.78, 5) is 4.28. The molecule has 2 rings (SSSR count). The number of rotatable bonds is 4. The van der Waals surface area contributed by atoms with Gasteiger partial charge in [0.05, 0.1) is 0 Å². The third kappa shape index (κ3) is 2.44. The highest BCUT2D eigenvalue weighted by atomic mass is 16.5. The highest BCUT2D eigenvalue weighted by Gasteiger charge is 2.26. The van der Waals surface area contributed by atoms with Gasteiger partial charge in [-0.15, -0.1) is 0 Å². The van der Waals surface area contributed by atoms with E-state index in [2.05, 4.69) is 16.5 Å². The minimum absolute atomic E-state index is 0.298. The molecule has 0 aromatic carbocycles. The molecule has 90 valence electrons. The number of imidazole rings is 1. The number of aliphatic hydroxyl groups is 1. The van der Waals surface area contributed by atoms with Crippen molar-refractivity contribution in [2.45, 2.75) is 38.8 Å². The Morgan fingerprint density at radius 2 is 2.31 bits per heavy atom. The second-order valence-corrected chi connectivity index (χ2v) is 4.37. The number of hydrogen-bond acceptors (Lipinski definition) is 3. The van der Waals surface area contributed by atoms with Crippen LogP contribution in [0.2, 0.25) is 0 Å². The van der Waals surface area contributed by atoms with Crippen LogP contribution in [-0.2, 0) is 11.3 Å². The maximum Gasteiger partial charge on any atom is 0.137 e. The molecule has 1 aliphatic rings. The number of nitrogens with zero attached hydrogens (tertiary/aromatic N) is 2. The van der Waals surface area contributed by atoms with E-state index in [0.29, 0.717) is 5.92 Å². The second-order valence-electron chi connectivity index (χ2n) is 4.37. The van der Waals surface area contributed by atoms with Gasteiger partial charge in [-0.2, -0.15) is 0 Å². The first-order valence-electron chi connectivity index (χ1n) is 6.09. The largest absolute Gasteiger partial charge is 0.385 e. The summed E-state index contributed by atoms with van der Waals surface area (Å²) in [5, 5.41) is 10.3. The molecule has 2 heterocycles. The van der Waals surface area contributed by atoms with Crippen LogP contribution >= 0.6 is 0 Å². The van der Waals surface area contributed by atoms with Crippen LogP contribution in [-0.4, -0.2) is 27.9 Å². The van der Waals surface area contributed by atoms with E-state index in [9.17, 15) is 5.11 Å². The molecule has 0 spiro atoms. The van der Waals surface area contributed by atoms with E-state index in [-0.39, 0.29) is 0 Å². The van der Waals surface area contributed by atoms with Crippen molar-refractivity contribution in [1.82, 2.24) is 9.55 Å². The molecular weight excluding hydrogens is 204 g/mol. The second kappa shape index (κ2) is 5.46. The lowest BCUT2D eigenvalue weighted by atomic mass is 9.93. The van der Waals surface area contributed by atoms with Crippen LogP contribution in [0.1, 0.15) is 38.1 Å². The van der Waals surface area contributed by atoms with Gasteiger partial charge in [-0.1, -0.05) is 6.92 Å². The molecular formula is C12H20N2O2. The van der Waals surface area contributed by atoms with Crippen LogP contribution in [0.25, 0.3) is 0 Å². The van der Waals surface area contributed by atoms with Gasteiger partial charge in [0.25, 0.3) is 0 Å². The molecule has 0 saturated carbocycles. The summed E-state index contributed by atoms with van der Waals surface area (Å²) in [6.45, 7) is 4.58. The van der Waals surface area contributed by atoms with Gasteiger partial charge in [0.2, 0.25) is 0 Å². The molecule has 1 fully saturated rings. The lowest BCUT2D eigenvalue weighted by molar-refractivity contribution is 0.00246. The predicted molar refractivity (Wildman–Crippen MR) is 61.0 cm³/mol. The zero-order valence-corrected chi connectivity index (χ0v) is 9.80. The Morgan fingerprint density at radius 1 is 1.56 bits per heavy atom. The molecule has 16 heavy (non-hydrogen) atoms. The zero-order valence-electron chi connectivity index (χ0n) is 9.80. The summed E-state index contributed by atoms with van der Waals surface area (Å²) in [6.07, 6.45) is 6.20. The number of aryl methyl sites for hydroxylation is 1. The van der Waals surface area contributed by atoms with Crippen molar-refractivity contribution in [1.29, 1.82) is 0 Å². The molecule has 4 nitrogen and oxygen atoms in total. The first-order chi connectivity index (χ1) is 7.83. The summed E-state index contributed by atoms with van der Waals surface area (Å²) in [5.74, 6) is 1.11. The van der Waals surface area contributed by atoms with Gasteiger partial charge in [-0.05, 0) is 25.2 Å². The SMILES string of the molecule is CCCn1ccnc1C(O)C1CCOCC1. The van der Waals surface area contributed by atoms with Crippen LogP contribution in [0.15, 0.2) is 12.4 Å². The average Bonchev–Trinajstić information content (AvgIpc) is 2.78. The molecule has 1 atom stereocenters. The fourth-order valence-electron chi connectivity index (χ4n) is 2.26. The van der Waals surface area contributed by atoms with E-state index in [0.717, 1.165) is 44.8 Å². The Labute approximate surface area is 96.3 Å². The third-order valence-corrected chi connectivity index (χ3v) is 3.19. The van der Waals surface area contributed by atoms with Gasteiger partial charge in [-0.25, -0.2) is 4.98 Å². The molecule has 4 heteroatoms. The molecule has 0 radical (unpaired) electrons. The third-order valence-electron chi connectivity index (χ3n) is 3.19. The lowest BCUT2D eigenvalue weighted by Crippen LogP contribution is -2.24. The predicted octanol–water partition coefficient (Wildman–Crippen LogP) is 1.75. The maximum absolute atomic E-state index is 10.3. The minimum atomic E-state index is -0.439. The number of aromatic nitrogens is 2. The van der Waals surface area contributed by atoms with Crippen molar-refractivity contribution in [3.8, 4) is 0 Å². The summed E-state index contributed by atoms with van der Waals surface area (Å²) >= 11 is 0. The smallest absolute Gasteiger partial charge is 0.137 e. The molecule has 1 N–H and O–H groups in total. The highest BCUT2D eigenvalue weighted by molar-refractivity contribution is 4.99. The van der Waals surface area contributed by atoms with Crippen molar-refractivity contribution in [2.24, 2.45) is 5.92 Å². The molecule has 0 aliphatic carbocycles. The monoisotopic (exact) mass is 224 g/mol. The molecule has 1 saturated heterocycles. The Hall–Kier alpha value is -0.870. The van der Waals surface area contributed by atoms with Gasteiger partial charge in [-0.3, -0.25) is 0 Å². The molecule has 1 unspecified atom stereocenters. The van der Waals surface area contributed by atoms with Crippen LogP contribution in [0.3, 0.4) is 0 Å². The van der Waals surface area contributed by atoms with Crippen molar-refractivity contribution in [3.05, 3.63) is 18.2 Å². The Balaban J connectivity index is 2.06. The molecule has 1 aromatic rings. The van der Waals surface area contributed by atoms with Gasteiger partial charge >= 0.3 is 0 Å². The van der Waals surface area contributed by atoms with E-state index in [1.54, 1.807) is 6.20 Å². The van der Waals surface area contributed by atoms with E-state index in [4.69, 9.17) is 4.74 Å². The van der Waals surface area contributed by atoms with Gasteiger partial charge in [0.15, 0.2) is 0 Å². The maximum atomic E-state index is 10.3. The fourth-order valence-corrected chi connectivity index (χ4v) is 2.26. The van der Waals surface area contributed by atoms with E-state index in [1.807, 2.05) is 6.20 Å². The Bertz CT molecular complexity index is 319. The Morgan fingerprint density at radius 3 is 3.00 bits per heavy atom. The molecule has 0 bridgehead atoms. The lowest BCUT2D eigenvalue weighted by Gasteiger charge is -2.26. The van der Waals surface area contributed by atoms with Crippen molar-refractivity contribution in [3.63, 3.8) is 0 Å². The highest BCUT2D eigenvalue weighted by Crippen LogP contribution is 2.28. The fraction of sp³-hybridized carbons (Fsp3) is 0.750. The standard InChI is InChI=1S/C12H20N2O2/c1-2-6-14-7-5-13-12(14)11(15)10-3-8-16-9-4-10/h5,7,10-11,15H,2-4,6,8-9H2,1H3. The molecule has 1 aliphatic heterocycles. The topological polar surface area (TPSA) is 47.3 Å². The zero-order chi connectivity index (χ0) is 11.4. The minimum Gasteiger partial charge on any atom is -0.385 e. The molecule has 0 amide bonds. The van der Waals surface area contributed by atoms with Crippen LogP contribution in [0.5, 0.6) is 0 Å². The summed E-state index contributed by atoms with van der Waals surface area (Å²) in [6, 6.07) is 0. The first-order valence-corrected chi connectivity index (χ1v) is 6.09. The van der Waals surface area contributed by atoms with E-state index in [1.165, 1.54) is 0 Å². The quantitative estimate of drug-likeness (QED) is 0.847. The molecule has 1 aromatic heterocycles. The van der Waals surface area contributed by atoms with Crippen LogP contribution in [0.4, 0.5) is 0 Å². The van der Waals surface area contributed by atoms with E-state index < -0.39 is 6.10 Å². The van der Waals surface area contributed by atoms with Gasteiger partial charge in [0.1, 0.15) is 11.9 Å². The van der Waals surface area contributed by atoms with Crippen molar-refractivity contribution >= 4 is 0 Å². The summed E-state index contributed by atoms with van der Waals surface area (Å²) in [5.41, 5.74) is 0. The normalized spacial score (nSPS) is 19.9. The first kappa shape index (κ1) is 11.6. The average molecular weight is 224 g/mol. The number of ether oxygens (including phenoxy) is 1. The van der Waals surface area contributed by atoms with Gasteiger partial charge < -0.3 is 14.4 Å². The number of hydrogen-bond donors (Lipinski definition) is 1. The van der Waals surface area contributed by atoms with E-state index >= 15 is 0 Å².